The van der Waals surface area contributed by atoms with E-state index in [1.54, 1.807) is 0 Å². The topological polar surface area (TPSA) is 40.8 Å². The molecule has 4 heteroatoms. The van der Waals surface area contributed by atoms with Crippen LogP contribution in [0.5, 0.6) is 0 Å². The molecule has 0 saturated heterocycles. The van der Waals surface area contributed by atoms with E-state index >= 15 is 0 Å². The average molecular weight is 522 g/mol. The fourth-order valence-corrected chi connectivity index (χ4v) is 8.18. The van der Waals surface area contributed by atoms with Crippen molar-refractivity contribution in [2.45, 2.75) is 23.0 Å². The van der Waals surface area contributed by atoms with Gasteiger partial charge in [0.25, 0.3) is 0 Å². The highest BCUT2D eigenvalue weighted by Crippen LogP contribution is 2.51. The van der Waals surface area contributed by atoms with Crippen LogP contribution in [0, 0.1) is 11.3 Å². The first-order chi connectivity index (χ1) is 19.3. The van der Waals surface area contributed by atoms with E-state index < -0.39 is 0 Å². The van der Waals surface area contributed by atoms with E-state index in [0.717, 1.165) is 35.2 Å². The first-order valence-electron chi connectivity index (χ1n) is 13.6. The second kappa shape index (κ2) is 8.89. The predicted molar refractivity (Wildman–Crippen MR) is 164 cm³/mol. The SMILES string of the molecule is N=C1C=CC=C/C1=C(/Nn1c2c(c3ccccc31)=C1c3ccccc3SC1C1CCC=CC=21)c1ccccc1. The summed E-state index contributed by atoms with van der Waals surface area (Å²) in [5, 5.41) is 13.1. The van der Waals surface area contributed by atoms with E-state index in [2.05, 4.69) is 95.1 Å². The molecule has 0 spiro atoms. The third-order valence-electron chi connectivity index (χ3n) is 8.32. The van der Waals surface area contributed by atoms with Crippen molar-refractivity contribution in [2.24, 2.45) is 5.92 Å². The smallest absolute Gasteiger partial charge is 0.0748 e. The Balaban J connectivity index is 1.50. The van der Waals surface area contributed by atoms with Gasteiger partial charge in [0.2, 0.25) is 0 Å². The Morgan fingerprint density at radius 3 is 2.56 bits per heavy atom. The molecule has 3 aliphatic carbocycles. The largest absolute Gasteiger partial charge is 0.300 e. The molecule has 1 aliphatic heterocycles. The van der Waals surface area contributed by atoms with Crippen LogP contribution in [0.2, 0.25) is 0 Å². The number of para-hydroxylation sites is 1. The minimum atomic E-state index is 0.431. The van der Waals surface area contributed by atoms with Gasteiger partial charge in [-0.1, -0.05) is 97.1 Å². The molecule has 0 amide bonds. The number of aromatic nitrogens is 1. The van der Waals surface area contributed by atoms with Gasteiger partial charge >= 0.3 is 0 Å². The molecule has 2 unspecified atom stereocenters. The van der Waals surface area contributed by atoms with Crippen LogP contribution < -0.4 is 16.0 Å². The number of hydrogen-bond acceptors (Lipinski definition) is 3. The van der Waals surface area contributed by atoms with Crippen molar-refractivity contribution in [2.75, 3.05) is 5.43 Å². The van der Waals surface area contributed by atoms with Crippen molar-refractivity contribution in [1.82, 2.24) is 4.68 Å². The van der Waals surface area contributed by atoms with Gasteiger partial charge in [-0.05, 0) is 47.8 Å². The molecular weight excluding hydrogens is 494 g/mol. The van der Waals surface area contributed by atoms with Gasteiger partial charge < -0.3 is 5.41 Å². The summed E-state index contributed by atoms with van der Waals surface area (Å²) in [5.74, 6) is 0.461. The lowest BCUT2D eigenvalue weighted by Gasteiger charge is -2.31. The molecule has 0 fully saturated rings. The summed E-state index contributed by atoms with van der Waals surface area (Å²) in [4.78, 5) is 1.39. The number of hydrogen-bond donors (Lipinski definition) is 2. The number of fused-ring (bicyclic) bond motifs is 8. The van der Waals surface area contributed by atoms with Crippen molar-refractivity contribution in [3.63, 3.8) is 0 Å². The Morgan fingerprint density at radius 1 is 0.872 bits per heavy atom. The molecular formula is C35H27N3S. The van der Waals surface area contributed by atoms with Crippen molar-refractivity contribution in [1.29, 1.82) is 5.41 Å². The van der Waals surface area contributed by atoms with Gasteiger partial charge in [0, 0.05) is 37.8 Å². The second-order valence-corrected chi connectivity index (χ2v) is 11.6. The Bertz CT molecular complexity index is 1930. The molecule has 8 rings (SSSR count). The Morgan fingerprint density at radius 2 is 1.67 bits per heavy atom. The maximum absolute atomic E-state index is 8.76. The highest BCUT2D eigenvalue weighted by molar-refractivity contribution is 8.01. The highest BCUT2D eigenvalue weighted by atomic mass is 32.2. The van der Waals surface area contributed by atoms with Crippen LogP contribution in [-0.2, 0) is 0 Å². The van der Waals surface area contributed by atoms with Crippen molar-refractivity contribution < 1.29 is 0 Å². The van der Waals surface area contributed by atoms with Gasteiger partial charge in [-0.25, -0.2) is 0 Å². The summed E-state index contributed by atoms with van der Waals surface area (Å²) in [6.45, 7) is 0. The van der Waals surface area contributed by atoms with Crippen molar-refractivity contribution in [3.05, 3.63) is 143 Å². The second-order valence-electron chi connectivity index (χ2n) is 10.5. The van der Waals surface area contributed by atoms with Crippen LogP contribution in [0.3, 0.4) is 0 Å². The van der Waals surface area contributed by atoms with Gasteiger partial charge in [0.1, 0.15) is 0 Å². The monoisotopic (exact) mass is 521 g/mol. The molecule has 39 heavy (non-hydrogen) atoms. The molecule has 2 atom stereocenters. The van der Waals surface area contributed by atoms with E-state index in [1.807, 2.05) is 42.1 Å². The zero-order chi connectivity index (χ0) is 25.9. The molecule has 3 nitrogen and oxygen atoms in total. The van der Waals surface area contributed by atoms with Gasteiger partial charge in [0.15, 0.2) is 0 Å². The van der Waals surface area contributed by atoms with E-state index in [9.17, 15) is 0 Å². The predicted octanol–water partition coefficient (Wildman–Crippen LogP) is 6.55. The van der Waals surface area contributed by atoms with Crippen LogP contribution in [0.4, 0.5) is 0 Å². The first-order valence-corrected chi connectivity index (χ1v) is 14.5. The van der Waals surface area contributed by atoms with Gasteiger partial charge in [0.05, 0.1) is 22.3 Å². The molecule has 4 aliphatic rings. The molecule has 188 valence electrons. The lowest BCUT2D eigenvalue weighted by Crippen LogP contribution is -2.45. The zero-order valence-corrected chi connectivity index (χ0v) is 22.2. The van der Waals surface area contributed by atoms with Crippen LogP contribution in [-0.4, -0.2) is 15.6 Å². The Labute approximate surface area is 231 Å². The summed E-state index contributed by atoms with van der Waals surface area (Å²) in [6, 6.07) is 28.1. The van der Waals surface area contributed by atoms with Crippen LogP contribution in [0.25, 0.3) is 27.7 Å². The third-order valence-corrected chi connectivity index (χ3v) is 9.75. The number of benzene rings is 3. The molecule has 0 bridgehead atoms. The van der Waals surface area contributed by atoms with Crippen molar-refractivity contribution >= 4 is 45.2 Å². The standard InChI is InChI=1S/C35H27N3S/c36-28-19-9-6-16-25(28)33(22-12-2-1-3-13-22)37-38-29-20-10-7-17-26(29)31-32-27-18-8-11-21-30(27)39-35(32)24-15-5-4-14-23(24)34(31)38/h1-4,6-14,16-21,24,35-37H,5,15H2/b33-25-,36-28?. The number of nitrogens with zero attached hydrogens (tertiary/aromatic N) is 1. The normalized spacial score (nSPS) is 22.0. The number of allylic oxidation sites excluding steroid dienone is 7. The van der Waals surface area contributed by atoms with E-state index in [1.165, 1.54) is 37.6 Å². The Hall–Kier alpha value is -4.28. The highest BCUT2D eigenvalue weighted by Gasteiger charge is 2.40. The lowest BCUT2D eigenvalue weighted by molar-refractivity contribution is 0.621. The fraction of sp³-hybridized carbons (Fsp3) is 0.114. The van der Waals surface area contributed by atoms with E-state index in [-0.39, 0.29) is 0 Å². The molecule has 2 N–H and O–H groups in total. The quantitative estimate of drug-likeness (QED) is 0.321. The summed E-state index contributed by atoms with van der Waals surface area (Å²) >= 11 is 2.05. The van der Waals surface area contributed by atoms with Gasteiger partial charge in [-0.3, -0.25) is 10.1 Å². The van der Waals surface area contributed by atoms with Crippen LogP contribution >= 0.6 is 11.8 Å². The summed E-state index contributed by atoms with van der Waals surface area (Å²) < 4.78 is 2.31. The van der Waals surface area contributed by atoms with Crippen molar-refractivity contribution in [3.8, 4) is 0 Å². The first kappa shape index (κ1) is 22.7. The minimum Gasteiger partial charge on any atom is -0.300 e. The van der Waals surface area contributed by atoms with E-state index in [0.29, 0.717) is 16.9 Å². The molecule has 2 heterocycles. The third kappa shape index (κ3) is 3.41. The number of thioether (sulfide) groups is 1. The fourth-order valence-electron chi connectivity index (χ4n) is 6.64. The maximum Gasteiger partial charge on any atom is 0.0748 e. The molecule has 0 radical (unpaired) electrons. The molecule has 0 saturated carbocycles. The number of rotatable bonds is 3. The molecule has 3 aromatic carbocycles. The summed E-state index contributed by atoms with van der Waals surface area (Å²) in [7, 11) is 0. The Kier molecular flexibility index (Phi) is 5.17. The van der Waals surface area contributed by atoms with Crippen LogP contribution in [0.1, 0.15) is 24.0 Å². The van der Waals surface area contributed by atoms with Gasteiger partial charge in [-0.15, -0.1) is 11.8 Å². The summed E-state index contributed by atoms with van der Waals surface area (Å²) in [5.41, 5.74) is 12.7. The van der Waals surface area contributed by atoms with Gasteiger partial charge in [-0.2, -0.15) is 0 Å². The minimum absolute atomic E-state index is 0.431. The summed E-state index contributed by atoms with van der Waals surface area (Å²) in [6.07, 6.45) is 14.9. The zero-order valence-electron chi connectivity index (χ0n) is 21.4. The number of nitrogens with one attached hydrogen (secondary N) is 2. The van der Waals surface area contributed by atoms with E-state index in [4.69, 9.17) is 5.41 Å². The van der Waals surface area contributed by atoms with Crippen LogP contribution in [0.15, 0.2) is 126 Å². The lowest BCUT2D eigenvalue weighted by atomic mass is 9.78. The maximum atomic E-state index is 8.76. The molecule has 1 aromatic heterocycles. The average Bonchev–Trinajstić information content (AvgIpc) is 3.53. The molecule has 4 aromatic rings.